The normalized spacial score (nSPS) is 12.4. The molecule has 1 rings (SSSR count). The maximum atomic E-state index is 10.5. The van der Waals surface area contributed by atoms with Gasteiger partial charge >= 0.3 is 5.00 Å². The third kappa shape index (κ3) is 3.29. The van der Waals surface area contributed by atoms with Crippen LogP contribution < -0.4 is 5.32 Å². The summed E-state index contributed by atoms with van der Waals surface area (Å²) in [7, 11) is 0. The number of nitro groups is 1. The summed E-state index contributed by atoms with van der Waals surface area (Å²) in [6.45, 7) is 4.79. The average Bonchev–Trinajstić information content (AvgIpc) is 2.67. The number of nitriles is 1. The topological polar surface area (TPSA) is 79.0 Å². The number of nitrogens with one attached hydrogen (secondary N) is 1. The van der Waals surface area contributed by atoms with Crippen LogP contribution in [0.4, 0.5) is 5.00 Å². The Kier molecular flexibility index (Phi) is 4.40. The number of hydrogen-bond donors (Lipinski definition) is 1. The van der Waals surface area contributed by atoms with E-state index in [-0.39, 0.29) is 5.00 Å². The van der Waals surface area contributed by atoms with Crippen LogP contribution in [-0.4, -0.2) is 11.5 Å². The number of thiophene rings is 1. The van der Waals surface area contributed by atoms with Crippen molar-refractivity contribution in [2.45, 2.75) is 19.9 Å². The third-order valence-corrected chi connectivity index (χ3v) is 3.04. The van der Waals surface area contributed by atoms with Crippen LogP contribution in [0, 0.1) is 27.4 Å². The SMILES string of the molecule is CC(C)CNC(C#N)c1ccc([N+](=O)[O-])s1. The zero-order chi connectivity index (χ0) is 12.1. The molecule has 0 fully saturated rings. The highest BCUT2D eigenvalue weighted by Crippen LogP contribution is 2.28. The smallest absolute Gasteiger partial charge is 0.297 e. The molecule has 16 heavy (non-hydrogen) atoms. The van der Waals surface area contributed by atoms with E-state index in [1.54, 1.807) is 6.07 Å². The molecule has 1 unspecified atom stereocenters. The van der Waals surface area contributed by atoms with E-state index < -0.39 is 11.0 Å². The summed E-state index contributed by atoms with van der Waals surface area (Å²) in [5.41, 5.74) is 0. The van der Waals surface area contributed by atoms with Crippen LogP contribution in [0.25, 0.3) is 0 Å². The molecule has 0 aliphatic heterocycles. The van der Waals surface area contributed by atoms with Gasteiger partial charge in [-0.15, -0.1) is 0 Å². The molecule has 1 aromatic heterocycles. The quantitative estimate of drug-likeness (QED) is 0.632. The summed E-state index contributed by atoms with van der Waals surface area (Å²) >= 11 is 1.04. The van der Waals surface area contributed by atoms with E-state index >= 15 is 0 Å². The van der Waals surface area contributed by atoms with Crippen LogP contribution in [0.5, 0.6) is 0 Å². The zero-order valence-electron chi connectivity index (χ0n) is 9.14. The van der Waals surface area contributed by atoms with Gasteiger partial charge in [-0.25, -0.2) is 0 Å². The molecule has 5 nitrogen and oxygen atoms in total. The minimum absolute atomic E-state index is 0.0709. The molecule has 0 bridgehead atoms. The minimum Gasteiger partial charge on any atom is -0.297 e. The van der Waals surface area contributed by atoms with Gasteiger partial charge in [0.1, 0.15) is 6.04 Å². The van der Waals surface area contributed by atoms with Gasteiger partial charge in [-0.05, 0) is 18.5 Å². The third-order valence-electron chi connectivity index (χ3n) is 1.94. The molecule has 0 amide bonds. The first kappa shape index (κ1) is 12.6. The molecule has 6 heteroatoms. The van der Waals surface area contributed by atoms with E-state index in [2.05, 4.69) is 11.4 Å². The van der Waals surface area contributed by atoms with E-state index in [0.717, 1.165) is 11.3 Å². The Morgan fingerprint density at radius 3 is 2.75 bits per heavy atom. The average molecular weight is 239 g/mol. The number of hydrogen-bond acceptors (Lipinski definition) is 5. The standard InChI is InChI=1S/C10H13N3O2S/c1-7(2)6-12-8(5-11)9-3-4-10(16-9)13(14)15/h3-4,7-8,12H,6H2,1-2H3. The van der Waals surface area contributed by atoms with Crippen molar-refractivity contribution in [3.05, 3.63) is 27.1 Å². The molecule has 0 spiro atoms. The van der Waals surface area contributed by atoms with Gasteiger partial charge in [0.05, 0.1) is 11.0 Å². The largest absolute Gasteiger partial charge is 0.324 e. The van der Waals surface area contributed by atoms with Gasteiger partial charge in [-0.2, -0.15) is 5.26 Å². The Morgan fingerprint density at radius 1 is 1.62 bits per heavy atom. The highest BCUT2D eigenvalue weighted by molar-refractivity contribution is 7.15. The minimum atomic E-state index is -0.457. The van der Waals surface area contributed by atoms with Crippen LogP contribution in [0.15, 0.2) is 12.1 Å². The van der Waals surface area contributed by atoms with Gasteiger partial charge in [0.2, 0.25) is 0 Å². The van der Waals surface area contributed by atoms with Crippen molar-refractivity contribution in [1.82, 2.24) is 5.32 Å². The molecule has 86 valence electrons. The van der Waals surface area contributed by atoms with Crippen LogP contribution >= 0.6 is 11.3 Å². The lowest BCUT2D eigenvalue weighted by molar-refractivity contribution is -0.380. The van der Waals surface area contributed by atoms with E-state index in [1.807, 2.05) is 13.8 Å². The maximum absolute atomic E-state index is 10.5. The second-order valence-corrected chi connectivity index (χ2v) is 4.89. The van der Waals surface area contributed by atoms with Crippen molar-refractivity contribution in [2.75, 3.05) is 6.54 Å². The fourth-order valence-electron chi connectivity index (χ4n) is 1.16. The van der Waals surface area contributed by atoms with Crippen LogP contribution in [0.2, 0.25) is 0 Å². The van der Waals surface area contributed by atoms with E-state index in [4.69, 9.17) is 5.26 Å². The first-order valence-corrected chi connectivity index (χ1v) is 5.73. The fraction of sp³-hybridized carbons (Fsp3) is 0.500. The monoisotopic (exact) mass is 239 g/mol. The molecule has 0 saturated carbocycles. The summed E-state index contributed by atoms with van der Waals surface area (Å²) in [5, 5.41) is 22.6. The van der Waals surface area contributed by atoms with Crippen LogP contribution in [0.3, 0.4) is 0 Å². The van der Waals surface area contributed by atoms with Gasteiger partial charge < -0.3 is 0 Å². The van der Waals surface area contributed by atoms with Crippen molar-refractivity contribution >= 4 is 16.3 Å². The highest BCUT2D eigenvalue weighted by atomic mass is 32.1. The maximum Gasteiger partial charge on any atom is 0.324 e. The Hall–Kier alpha value is -1.45. The molecule has 0 aliphatic carbocycles. The predicted octanol–water partition coefficient (Wildman–Crippen LogP) is 2.47. The summed E-state index contributed by atoms with van der Waals surface area (Å²) in [5.74, 6) is 0.436. The molecule has 0 saturated heterocycles. The van der Waals surface area contributed by atoms with E-state index in [9.17, 15) is 10.1 Å². The lowest BCUT2D eigenvalue weighted by Gasteiger charge is -2.11. The summed E-state index contributed by atoms with van der Waals surface area (Å²) in [6, 6.07) is 4.71. The second kappa shape index (κ2) is 5.58. The second-order valence-electron chi connectivity index (χ2n) is 3.80. The van der Waals surface area contributed by atoms with Crippen molar-refractivity contribution < 1.29 is 4.92 Å². The first-order chi connectivity index (χ1) is 7.54. The molecule has 0 radical (unpaired) electrons. The first-order valence-electron chi connectivity index (χ1n) is 4.91. The Labute approximate surface area is 97.9 Å². The molecule has 1 heterocycles. The lowest BCUT2D eigenvalue weighted by Crippen LogP contribution is -2.23. The molecule has 1 atom stereocenters. The van der Waals surface area contributed by atoms with Crippen molar-refractivity contribution in [1.29, 1.82) is 5.26 Å². The molecular formula is C10H13N3O2S. The van der Waals surface area contributed by atoms with E-state index in [0.29, 0.717) is 17.3 Å². The van der Waals surface area contributed by atoms with Gasteiger partial charge in [0.15, 0.2) is 0 Å². The van der Waals surface area contributed by atoms with Gasteiger partial charge in [0, 0.05) is 10.9 Å². The molecule has 0 aliphatic rings. The van der Waals surface area contributed by atoms with Gasteiger partial charge in [-0.3, -0.25) is 15.4 Å². The summed E-state index contributed by atoms with van der Waals surface area (Å²) in [4.78, 5) is 10.8. The van der Waals surface area contributed by atoms with Crippen LogP contribution in [0.1, 0.15) is 24.8 Å². The highest BCUT2D eigenvalue weighted by Gasteiger charge is 2.17. The van der Waals surface area contributed by atoms with Crippen LogP contribution in [-0.2, 0) is 0 Å². The molecule has 1 aromatic rings. The molecule has 1 N–H and O–H groups in total. The van der Waals surface area contributed by atoms with E-state index in [1.165, 1.54) is 6.07 Å². The Morgan fingerprint density at radius 2 is 2.31 bits per heavy atom. The van der Waals surface area contributed by atoms with Gasteiger partial charge in [0.25, 0.3) is 0 Å². The molecular weight excluding hydrogens is 226 g/mol. The summed E-state index contributed by atoms with van der Waals surface area (Å²) < 4.78 is 0. The fourth-order valence-corrected chi connectivity index (χ4v) is 2.00. The number of rotatable bonds is 5. The van der Waals surface area contributed by atoms with Crippen molar-refractivity contribution in [3.8, 4) is 6.07 Å². The Bertz CT molecular complexity index is 408. The number of nitrogens with zero attached hydrogens (tertiary/aromatic N) is 2. The lowest BCUT2D eigenvalue weighted by atomic mass is 10.2. The molecule has 0 aromatic carbocycles. The summed E-state index contributed by atoms with van der Waals surface area (Å²) in [6.07, 6.45) is 0. The van der Waals surface area contributed by atoms with Crippen molar-refractivity contribution in [2.24, 2.45) is 5.92 Å². The van der Waals surface area contributed by atoms with Gasteiger partial charge in [-0.1, -0.05) is 25.2 Å². The zero-order valence-corrected chi connectivity index (χ0v) is 9.95. The van der Waals surface area contributed by atoms with Crippen molar-refractivity contribution in [3.63, 3.8) is 0 Å². The Balaban J connectivity index is 2.72. The predicted molar refractivity (Wildman–Crippen MR) is 62.2 cm³/mol.